The smallest absolute Gasteiger partial charge is 0.123 e. The van der Waals surface area contributed by atoms with Gasteiger partial charge in [0.1, 0.15) is 5.75 Å². The number of nitrogens with one attached hydrogen (secondary N) is 1. The van der Waals surface area contributed by atoms with E-state index in [1.165, 1.54) is 0 Å². The van der Waals surface area contributed by atoms with Gasteiger partial charge in [-0.2, -0.15) is 0 Å². The van der Waals surface area contributed by atoms with Crippen molar-refractivity contribution in [3.63, 3.8) is 0 Å². The zero-order valence-corrected chi connectivity index (χ0v) is 11.9. The summed E-state index contributed by atoms with van der Waals surface area (Å²) in [6.45, 7) is 6.99. The van der Waals surface area contributed by atoms with Crippen molar-refractivity contribution in [1.82, 2.24) is 9.91 Å². The highest BCUT2D eigenvalue weighted by atomic mass is 16.5. The fourth-order valence-electron chi connectivity index (χ4n) is 2.09. The molecule has 2 rings (SSSR count). The summed E-state index contributed by atoms with van der Waals surface area (Å²) < 4.78 is 5.64. The fourth-order valence-corrected chi connectivity index (χ4v) is 2.09. The third-order valence-corrected chi connectivity index (χ3v) is 3.19. The van der Waals surface area contributed by atoms with Crippen LogP contribution in [0.1, 0.15) is 13.3 Å². The minimum absolute atomic E-state index is 0.720. The van der Waals surface area contributed by atoms with Gasteiger partial charge in [-0.25, -0.2) is 5.01 Å². The summed E-state index contributed by atoms with van der Waals surface area (Å²) in [5.74, 6) is 0.832. The van der Waals surface area contributed by atoms with E-state index in [1.54, 1.807) is 0 Å². The summed E-state index contributed by atoms with van der Waals surface area (Å²) in [6, 6.07) is 5.81. The van der Waals surface area contributed by atoms with E-state index >= 15 is 0 Å². The van der Waals surface area contributed by atoms with Crippen LogP contribution in [0.2, 0.25) is 0 Å². The second kappa shape index (κ2) is 6.63. The topological polar surface area (TPSA) is 53.8 Å². The Morgan fingerprint density at radius 3 is 2.63 bits per heavy atom. The van der Waals surface area contributed by atoms with Crippen LogP contribution in [0.15, 0.2) is 18.2 Å². The monoisotopic (exact) mass is 264 g/mol. The van der Waals surface area contributed by atoms with Gasteiger partial charge >= 0.3 is 0 Å². The van der Waals surface area contributed by atoms with Crippen molar-refractivity contribution in [1.29, 1.82) is 0 Å². The molecule has 0 aliphatic carbocycles. The van der Waals surface area contributed by atoms with Crippen LogP contribution in [0.3, 0.4) is 0 Å². The van der Waals surface area contributed by atoms with Gasteiger partial charge in [0, 0.05) is 44.0 Å². The summed E-state index contributed by atoms with van der Waals surface area (Å²) in [7, 11) is 2.15. The van der Waals surface area contributed by atoms with E-state index < -0.39 is 0 Å². The molecule has 1 aliphatic heterocycles. The molecule has 19 heavy (non-hydrogen) atoms. The van der Waals surface area contributed by atoms with Crippen LogP contribution in [0.5, 0.6) is 5.75 Å². The van der Waals surface area contributed by atoms with E-state index in [0.717, 1.165) is 56.3 Å². The lowest BCUT2D eigenvalue weighted by atomic mass is 10.2. The number of hydrogen-bond acceptors (Lipinski definition) is 5. The zero-order valence-electron chi connectivity index (χ0n) is 11.9. The number of nitrogens with zero attached hydrogens (tertiary/aromatic N) is 2. The molecule has 0 unspecified atom stereocenters. The lowest BCUT2D eigenvalue weighted by molar-refractivity contribution is 0.179. The van der Waals surface area contributed by atoms with E-state index in [1.807, 2.05) is 18.2 Å². The second-order valence-corrected chi connectivity index (χ2v) is 5.04. The van der Waals surface area contributed by atoms with Crippen molar-refractivity contribution >= 4 is 11.4 Å². The molecule has 1 aromatic rings. The Hall–Kier alpha value is -1.46. The number of piperazine rings is 1. The van der Waals surface area contributed by atoms with Crippen LogP contribution in [0.25, 0.3) is 0 Å². The van der Waals surface area contributed by atoms with Gasteiger partial charge in [0.15, 0.2) is 0 Å². The Labute approximate surface area is 115 Å². The summed E-state index contributed by atoms with van der Waals surface area (Å²) in [6.07, 6.45) is 0.996. The Balaban J connectivity index is 1.97. The molecular formula is C14H24N4O. The van der Waals surface area contributed by atoms with Crippen LogP contribution in [-0.4, -0.2) is 49.7 Å². The van der Waals surface area contributed by atoms with Crippen molar-refractivity contribution in [2.45, 2.75) is 13.3 Å². The molecule has 5 heteroatoms. The minimum atomic E-state index is 0.720. The molecule has 0 radical (unpaired) electrons. The SMILES string of the molecule is CCCOc1cc(N)cc(NN2CCN(C)CC2)c1. The van der Waals surface area contributed by atoms with E-state index in [-0.39, 0.29) is 0 Å². The molecule has 0 aromatic heterocycles. The highest BCUT2D eigenvalue weighted by Crippen LogP contribution is 2.23. The van der Waals surface area contributed by atoms with Gasteiger partial charge in [-0.05, 0) is 19.5 Å². The number of ether oxygens (including phenoxy) is 1. The van der Waals surface area contributed by atoms with E-state index in [0.29, 0.717) is 0 Å². The van der Waals surface area contributed by atoms with Crippen LogP contribution in [0.4, 0.5) is 11.4 Å². The number of hydrazine groups is 1. The Kier molecular flexibility index (Phi) is 4.87. The van der Waals surface area contributed by atoms with Crippen molar-refractivity contribution in [2.75, 3.05) is 51.0 Å². The Bertz CT molecular complexity index is 402. The van der Waals surface area contributed by atoms with Gasteiger partial charge in [-0.3, -0.25) is 0 Å². The molecule has 0 amide bonds. The summed E-state index contributed by atoms with van der Waals surface area (Å²) >= 11 is 0. The maximum Gasteiger partial charge on any atom is 0.123 e. The molecule has 5 nitrogen and oxygen atoms in total. The first-order valence-corrected chi connectivity index (χ1v) is 6.91. The van der Waals surface area contributed by atoms with Crippen LogP contribution in [-0.2, 0) is 0 Å². The van der Waals surface area contributed by atoms with E-state index in [2.05, 4.69) is 29.3 Å². The molecule has 1 fully saturated rings. The van der Waals surface area contributed by atoms with E-state index in [4.69, 9.17) is 10.5 Å². The Morgan fingerprint density at radius 1 is 1.21 bits per heavy atom. The number of likely N-dealkylation sites (N-methyl/N-ethyl adjacent to an activating group) is 1. The first-order valence-electron chi connectivity index (χ1n) is 6.91. The molecule has 0 bridgehead atoms. The molecule has 0 saturated carbocycles. The van der Waals surface area contributed by atoms with Crippen molar-refractivity contribution in [2.24, 2.45) is 0 Å². The lowest BCUT2D eigenvalue weighted by Gasteiger charge is -2.33. The minimum Gasteiger partial charge on any atom is -0.493 e. The molecule has 0 spiro atoms. The number of rotatable bonds is 5. The molecule has 1 heterocycles. The zero-order chi connectivity index (χ0) is 13.7. The predicted octanol–water partition coefficient (Wildman–Crippen LogP) is 1.63. The van der Waals surface area contributed by atoms with Gasteiger partial charge in [-0.1, -0.05) is 6.92 Å². The first kappa shape index (κ1) is 14.0. The molecule has 1 aromatic carbocycles. The fraction of sp³-hybridized carbons (Fsp3) is 0.571. The largest absolute Gasteiger partial charge is 0.493 e. The van der Waals surface area contributed by atoms with Gasteiger partial charge in [0.05, 0.1) is 12.3 Å². The third kappa shape index (κ3) is 4.29. The number of nitrogen functional groups attached to an aromatic ring is 1. The predicted molar refractivity (Wildman–Crippen MR) is 79.3 cm³/mol. The quantitative estimate of drug-likeness (QED) is 0.792. The standard InChI is InChI=1S/C14H24N4O/c1-3-8-19-14-10-12(15)9-13(11-14)16-18-6-4-17(2)5-7-18/h9-11,16H,3-8,15H2,1-2H3. The highest BCUT2D eigenvalue weighted by Gasteiger charge is 2.13. The van der Waals surface area contributed by atoms with Crippen molar-refractivity contribution < 1.29 is 4.74 Å². The molecular weight excluding hydrogens is 240 g/mol. The van der Waals surface area contributed by atoms with Crippen LogP contribution < -0.4 is 15.9 Å². The maximum atomic E-state index is 5.91. The molecule has 1 aliphatic rings. The lowest BCUT2D eigenvalue weighted by Crippen LogP contribution is -2.46. The normalized spacial score (nSPS) is 17.4. The van der Waals surface area contributed by atoms with Gasteiger partial charge in [-0.15, -0.1) is 0 Å². The molecule has 3 N–H and O–H groups in total. The number of anilines is 2. The number of hydrogen-bond donors (Lipinski definition) is 2. The molecule has 1 saturated heterocycles. The number of nitrogens with two attached hydrogens (primary N) is 1. The summed E-state index contributed by atoms with van der Waals surface area (Å²) in [4.78, 5) is 2.33. The van der Waals surface area contributed by atoms with Crippen molar-refractivity contribution in [3.05, 3.63) is 18.2 Å². The van der Waals surface area contributed by atoms with Crippen molar-refractivity contribution in [3.8, 4) is 5.75 Å². The summed E-state index contributed by atoms with van der Waals surface area (Å²) in [5.41, 5.74) is 11.0. The molecule has 0 atom stereocenters. The van der Waals surface area contributed by atoms with Gasteiger partial charge in [0.2, 0.25) is 0 Å². The Morgan fingerprint density at radius 2 is 1.95 bits per heavy atom. The summed E-state index contributed by atoms with van der Waals surface area (Å²) in [5, 5.41) is 2.22. The number of benzene rings is 1. The van der Waals surface area contributed by atoms with Crippen LogP contribution in [0, 0.1) is 0 Å². The second-order valence-electron chi connectivity index (χ2n) is 5.04. The first-order chi connectivity index (χ1) is 9.17. The average molecular weight is 264 g/mol. The highest BCUT2D eigenvalue weighted by molar-refractivity contribution is 5.58. The average Bonchev–Trinajstić information content (AvgIpc) is 2.38. The van der Waals surface area contributed by atoms with Crippen LogP contribution >= 0.6 is 0 Å². The maximum absolute atomic E-state index is 5.91. The third-order valence-electron chi connectivity index (χ3n) is 3.19. The van der Waals surface area contributed by atoms with E-state index in [9.17, 15) is 0 Å². The van der Waals surface area contributed by atoms with Gasteiger partial charge in [0.25, 0.3) is 0 Å². The van der Waals surface area contributed by atoms with Gasteiger partial charge < -0.3 is 20.8 Å². The molecule has 106 valence electrons.